The van der Waals surface area contributed by atoms with E-state index in [9.17, 15) is 4.79 Å². The molecule has 1 amide bonds. The van der Waals surface area contributed by atoms with Crippen LogP contribution in [0.5, 0.6) is 0 Å². The number of aryl methyl sites for hydroxylation is 1. The van der Waals surface area contributed by atoms with E-state index in [1.165, 1.54) is 4.68 Å². The highest BCUT2D eigenvalue weighted by molar-refractivity contribution is 5.95. The van der Waals surface area contributed by atoms with Crippen molar-refractivity contribution in [2.45, 2.75) is 6.92 Å². The first-order valence-electron chi connectivity index (χ1n) is 4.88. The lowest BCUT2D eigenvalue weighted by atomic mass is 10.2. The van der Waals surface area contributed by atoms with Gasteiger partial charge in [-0.2, -0.15) is 4.68 Å². The Balaban J connectivity index is 2.57. The predicted molar refractivity (Wildman–Crippen MR) is 63.4 cm³/mol. The summed E-state index contributed by atoms with van der Waals surface area (Å²) in [5.41, 5.74) is 18.7. The summed E-state index contributed by atoms with van der Waals surface area (Å²) in [4.78, 5) is 11.0. The van der Waals surface area contributed by atoms with Gasteiger partial charge < -0.3 is 17.2 Å². The van der Waals surface area contributed by atoms with Crippen LogP contribution >= 0.6 is 0 Å². The van der Waals surface area contributed by atoms with Crippen LogP contribution in [-0.2, 0) is 0 Å². The fourth-order valence-corrected chi connectivity index (χ4v) is 1.51. The molecule has 88 valence electrons. The molecule has 0 aliphatic heterocycles. The van der Waals surface area contributed by atoms with Crippen LogP contribution in [0.15, 0.2) is 18.2 Å². The third-order valence-electron chi connectivity index (χ3n) is 2.35. The Morgan fingerprint density at radius 1 is 1.35 bits per heavy atom. The molecule has 0 bridgehead atoms. The number of amides is 1. The summed E-state index contributed by atoms with van der Waals surface area (Å²) in [6.07, 6.45) is 0. The van der Waals surface area contributed by atoms with Gasteiger partial charge in [0.05, 0.1) is 11.4 Å². The lowest BCUT2D eigenvalue weighted by Gasteiger charge is -2.07. The van der Waals surface area contributed by atoms with Gasteiger partial charge in [-0.05, 0) is 24.6 Å². The predicted octanol–water partition coefficient (Wildman–Crippen LogP) is -0.161. The van der Waals surface area contributed by atoms with Gasteiger partial charge in [0, 0.05) is 0 Å². The van der Waals surface area contributed by atoms with Crippen molar-refractivity contribution in [1.29, 1.82) is 0 Å². The zero-order valence-electron chi connectivity index (χ0n) is 9.21. The summed E-state index contributed by atoms with van der Waals surface area (Å²) in [7, 11) is 0. The van der Waals surface area contributed by atoms with E-state index in [1.54, 1.807) is 12.1 Å². The zero-order valence-corrected chi connectivity index (χ0v) is 9.21. The Bertz CT molecular complexity index is 588. The summed E-state index contributed by atoms with van der Waals surface area (Å²) < 4.78 is 1.29. The number of nitrogens with two attached hydrogens (primary N) is 3. The Morgan fingerprint density at radius 2 is 2.06 bits per heavy atom. The molecule has 0 aliphatic carbocycles. The van der Waals surface area contributed by atoms with E-state index in [4.69, 9.17) is 17.2 Å². The van der Waals surface area contributed by atoms with Crippen molar-refractivity contribution >= 4 is 17.4 Å². The second kappa shape index (κ2) is 3.78. The third-order valence-corrected chi connectivity index (χ3v) is 2.35. The number of hydrogen-bond donors (Lipinski definition) is 3. The van der Waals surface area contributed by atoms with Crippen molar-refractivity contribution < 1.29 is 4.79 Å². The minimum Gasteiger partial charge on any atom is -0.397 e. The van der Waals surface area contributed by atoms with Crippen LogP contribution in [0.4, 0.5) is 11.5 Å². The lowest BCUT2D eigenvalue weighted by Crippen LogP contribution is -2.14. The van der Waals surface area contributed by atoms with Crippen LogP contribution in [0.25, 0.3) is 5.69 Å². The number of nitrogens with zero attached hydrogens (tertiary/aromatic N) is 3. The van der Waals surface area contributed by atoms with Gasteiger partial charge in [-0.3, -0.25) is 4.79 Å². The number of anilines is 2. The first kappa shape index (κ1) is 10.9. The minimum atomic E-state index is -0.723. The number of carbonyl (C=O) groups is 1. The Kier molecular flexibility index (Phi) is 2.43. The average molecular weight is 232 g/mol. The number of nitrogen functional groups attached to an aromatic ring is 2. The standard InChI is InChI=1S/C10H12N6O/c1-5-2-3-7(6(11)4-5)16-9(12)8(10(13)17)14-15-16/h2-4H,11-12H2,1H3,(H2,13,17). The number of hydrogen-bond acceptors (Lipinski definition) is 5. The number of primary amides is 1. The molecule has 0 fully saturated rings. The van der Waals surface area contributed by atoms with Crippen LogP contribution < -0.4 is 17.2 Å². The number of carbonyl (C=O) groups excluding carboxylic acids is 1. The molecule has 6 N–H and O–H groups in total. The molecule has 0 atom stereocenters. The van der Waals surface area contributed by atoms with Crippen LogP contribution in [-0.4, -0.2) is 20.9 Å². The molecule has 17 heavy (non-hydrogen) atoms. The minimum absolute atomic E-state index is 0.0648. The molecular formula is C10H12N6O. The smallest absolute Gasteiger partial charge is 0.273 e. The van der Waals surface area contributed by atoms with Gasteiger partial charge in [-0.25, -0.2) is 0 Å². The molecule has 1 aromatic carbocycles. The molecule has 0 radical (unpaired) electrons. The Morgan fingerprint density at radius 3 is 2.59 bits per heavy atom. The van der Waals surface area contributed by atoms with Gasteiger partial charge in [-0.1, -0.05) is 11.3 Å². The van der Waals surface area contributed by atoms with Crippen molar-refractivity contribution in [3.8, 4) is 5.69 Å². The SMILES string of the molecule is Cc1ccc(-n2nnc(C(N)=O)c2N)c(N)c1. The van der Waals surface area contributed by atoms with Crippen molar-refractivity contribution in [2.75, 3.05) is 11.5 Å². The highest BCUT2D eigenvalue weighted by Crippen LogP contribution is 2.21. The maximum absolute atomic E-state index is 11.0. The van der Waals surface area contributed by atoms with Gasteiger partial charge in [0.15, 0.2) is 11.5 Å². The van der Waals surface area contributed by atoms with E-state index in [0.717, 1.165) is 5.56 Å². The van der Waals surface area contributed by atoms with Crippen molar-refractivity contribution in [3.05, 3.63) is 29.5 Å². The van der Waals surface area contributed by atoms with Crippen LogP contribution in [0, 0.1) is 6.92 Å². The number of benzene rings is 1. The topological polar surface area (TPSA) is 126 Å². The van der Waals surface area contributed by atoms with E-state index in [0.29, 0.717) is 11.4 Å². The van der Waals surface area contributed by atoms with Crippen LogP contribution in [0.1, 0.15) is 16.1 Å². The van der Waals surface area contributed by atoms with E-state index in [1.807, 2.05) is 13.0 Å². The highest BCUT2D eigenvalue weighted by atomic mass is 16.1. The van der Waals surface area contributed by atoms with E-state index < -0.39 is 5.91 Å². The highest BCUT2D eigenvalue weighted by Gasteiger charge is 2.16. The first-order valence-corrected chi connectivity index (χ1v) is 4.88. The molecule has 0 saturated carbocycles. The van der Waals surface area contributed by atoms with Gasteiger partial charge in [0.25, 0.3) is 5.91 Å². The summed E-state index contributed by atoms with van der Waals surface area (Å²) >= 11 is 0. The lowest BCUT2D eigenvalue weighted by molar-refractivity contribution is 0.0996. The zero-order chi connectivity index (χ0) is 12.6. The second-order valence-corrected chi connectivity index (χ2v) is 3.66. The maximum Gasteiger partial charge on any atom is 0.273 e. The molecule has 0 unspecified atom stereocenters. The third kappa shape index (κ3) is 1.78. The second-order valence-electron chi connectivity index (χ2n) is 3.66. The molecular weight excluding hydrogens is 220 g/mol. The number of rotatable bonds is 2. The van der Waals surface area contributed by atoms with E-state index in [2.05, 4.69) is 10.3 Å². The molecule has 1 heterocycles. The van der Waals surface area contributed by atoms with E-state index >= 15 is 0 Å². The molecule has 2 rings (SSSR count). The largest absolute Gasteiger partial charge is 0.397 e. The Labute approximate surface area is 97.2 Å². The first-order chi connectivity index (χ1) is 8.00. The number of aromatic nitrogens is 3. The molecule has 1 aromatic heterocycles. The monoisotopic (exact) mass is 232 g/mol. The quantitative estimate of drug-likeness (QED) is 0.620. The van der Waals surface area contributed by atoms with E-state index in [-0.39, 0.29) is 11.5 Å². The fourth-order valence-electron chi connectivity index (χ4n) is 1.51. The average Bonchev–Trinajstić information content (AvgIpc) is 2.60. The van der Waals surface area contributed by atoms with Crippen LogP contribution in [0.2, 0.25) is 0 Å². The molecule has 0 spiro atoms. The normalized spacial score (nSPS) is 10.4. The van der Waals surface area contributed by atoms with Gasteiger partial charge in [0.1, 0.15) is 0 Å². The molecule has 7 heteroatoms. The molecule has 0 saturated heterocycles. The van der Waals surface area contributed by atoms with Gasteiger partial charge >= 0.3 is 0 Å². The summed E-state index contributed by atoms with van der Waals surface area (Å²) in [6, 6.07) is 5.39. The molecule has 7 nitrogen and oxygen atoms in total. The molecule has 2 aromatic rings. The van der Waals surface area contributed by atoms with Crippen molar-refractivity contribution in [1.82, 2.24) is 15.0 Å². The summed E-state index contributed by atoms with van der Waals surface area (Å²) in [5, 5.41) is 7.37. The van der Waals surface area contributed by atoms with Gasteiger partial charge in [0.2, 0.25) is 0 Å². The summed E-state index contributed by atoms with van der Waals surface area (Å²) in [5.74, 6) is -0.646. The Hall–Kier alpha value is -2.57. The van der Waals surface area contributed by atoms with Gasteiger partial charge in [-0.15, -0.1) is 5.10 Å². The fraction of sp³-hybridized carbons (Fsp3) is 0.100. The van der Waals surface area contributed by atoms with Crippen molar-refractivity contribution in [3.63, 3.8) is 0 Å². The summed E-state index contributed by atoms with van der Waals surface area (Å²) in [6.45, 7) is 1.92. The maximum atomic E-state index is 11.0. The van der Waals surface area contributed by atoms with Crippen molar-refractivity contribution in [2.24, 2.45) is 5.73 Å². The van der Waals surface area contributed by atoms with Crippen LogP contribution in [0.3, 0.4) is 0 Å². The molecule has 0 aliphatic rings.